The maximum atomic E-state index is 12.9. The van der Waals surface area contributed by atoms with Crippen LogP contribution in [-0.4, -0.2) is 35.8 Å². The van der Waals surface area contributed by atoms with Gasteiger partial charge in [-0.25, -0.2) is 0 Å². The normalized spacial score (nSPS) is 11.5. The fourth-order valence-electron chi connectivity index (χ4n) is 2.79. The molecule has 29 heavy (non-hydrogen) atoms. The molecule has 7 nitrogen and oxygen atoms in total. The number of hydrogen-bond donors (Lipinski definition) is 3. The molecule has 4 N–H and O–H groups in total. The lowest BCUT2D eigenvalue weighted by Gasteiger charge is -2.34. The van der Waals surface area contributed by atoms with E-state index >= 15 is 0 Å². The maximum absolute atomic E-state index is 12.9. The van der Waals surface area contributed by atoms with E-state index in [1.54, 1.807) is 59.0 Å². The van der Waals surface area contributed by atoms with E-state index in [-0.39, 0.29) is 11.5 Å². The Morgan fingerprint density at radius 2 is 1.38 bits per heavy atom. The number of nitrogens with two attached hydrogens (primary N) is 1. The third-order valence-corrected chi connectivity index (χ3v) is 4.61. The van der Waals surface area contributed by atoms with Crippen LogP contribution in [0, 0.1) is 0 Å². The van der Waals surface area contributed by atoms with Crippen LogP contribution in [0.15, 0.2) is 54.6 Å². The molecule has 0 atom stereocenters. The van der Waals surface area contributed by atoms with E-state index in [1.165, 1.54) is 4.90 Å². The number of para-hydroxylation sites is 2. The highest BCUT2D eigenvalue weighted by Crippen LogP contribution is 2.18. The van der Waals surface area contributed by atoms with Gasteiger partial charge in [0.25, 0.3) is 11.8 Å². The van der Waals surface area contributed by atoms with Crippen LogP contribution in [0.5, 0.6) is 0 Å². The monoisotopic (exact) mass is 396 g/mol. The predicted molar refractivity (Wildman–Crippen MR) is 114 cm³/mol. The van der Waals surface area contributed by atoms with Crippen LogP contribution in [0.1, 0.15) is 38.1 Å². The van der Waals surface area contributed by atoms with E-state index < -0.39 is 22.9 Å². The summed E-state index contributed by atoms with van der Waals surface area (Å²) >= 11 is 0. The van der Waals surface area contributed by atoms with E-state index in [2.05, 4.69) is 10.6 Å². The summed E-state index contributed by atoms with van der Waals surface area (Å²) in [6.45, 7) is 6.39. The number of amides is 3. The van der Waals surface area contributed by atoms with Crippen LogP contribution < -0.4 is 21.3 Å². The van der Waals surface area contributed by atoms with E-state index in [0.29, 0.717) is 11.4 Å². The minimum Gasteiger partial charge on any atom is -0.398 e. The third-order valence-electron chi connectivity index (χ3n) is 4.61. The van der Waals surface area contributed by atoms with E-state index in [1.807, 2.05) is 30.3 Å². The molecule has 3 amide bonds. The SMILES string of the molecule is CN(C(=O)C(C)(C)NC(=O)C(C)(C)NC(=O)c1ccccc1N)c1ccccc1. The van der Waals surface area contributed by atoms with Gasteiger partial charge in [-0.05, 0) is 52.0 Å². The molecule has 0 aromatic heterocycles. The van der Waals surface area contributed by atoms with Gasteiger partial charge < -0.3 is 21.3 Å². The number of nitrogen functional groups attached to an aromatic ring is 1. The summed E-state index contributed by atoms with van der Waals surface area (Å²) in [6.07, 6.45) is 0. The zero-order chi connectivity index (χ0) is 21.8. The number of carbonyl (C=O) groups is 3. The molecule has 0 saturated carbocycles. The molecule has 154 valence electrons. The zero-order valence-corrected chi connectivity index (χ0v) is 17.4. The van der Waals surface area contributed by atoms with Crippen LogP contribution in [0.2, 0.25) is 0 Å². The second-order valence-corrected chi connectivity index (χ2v) is 7.95. The molecule has 0 bridgehead atoms. The fraction of sp³-hybridized carbons (Fsp3) is 0.318. The molecular formula is C22H28N4O3. The molecule has 0 aliphatic heterocycles. The van der Waals surface area contributed by atoms with Crippen molar-refractivity contribution in [3.8, 4) is 0 Å². The van der Waals surface area contributed by atoms with Gasteiger partial charge in [0.1, 0.15) is 11.1 Å². The average Bonchev–Trinajstić information content (AvgIpc) is 2.67. The number of nitrogens with one attached hydrogen (secondary N) is 2. The predicted octanol–water partition coefficient (Wildman–Crippen LogP) is 2.33. The molecule has 0 saturated heterocycles. The summed E-state index contributed by atoms with van der Waals surface area (Å²) in [6, 6.07) is 15.8. The number of nitrogens with zero attached hydrogens (tertiary/aromatic N) is 1. The third kappa shape index (κ3) is 5.13. The van der Waals surface area contributed by atoms with Crippen molar-refractivity contribution in [2.24, 2.45) is 0 Å². The van der Waals surface area contributed by atoms with Gasteiger partial charge >= 0.3 is 0 Å². The largest absolute Gasteiger partial charge is 0.398 e. The number of hydrogen-bond acceptors (Lipinski definition) is 4. The molecule has 2 rings (SSSR count). The van der Waals surface area contributed by atoms with Gasteiger partial charge in [-0.1, -0.05) is 30.3 Å². The number of carbonyl (C=O) groups excluding carboxylic acids is 3. The van der Waals surface area contributed by atoms with Gasteiger partial charge in [-0.3, -0.25) is 14.4 Å². The molecule has 0 heterocycles. The smallest absolute Gasteiger partial charge is 0.254 e. The molecule has 0 fully saturated rings. The summed E-state index contributed by atoms with van der Waals surface area (Å²) in [5.74, 6) is -1.24. The van der Waals surface area contributed by atoms with Crippen molar-refractivity contribution in [1.82, 2.24) is 10.6 Å². The molecule has 7 heteroatoms. The van der Waals surface area contributed by atoms with Gasteiger partial charge in [-0.15, -0.1) is 0 Å². The fourth-order valence-corrected chi connectivity index (χ4v) is 2.79. The first-order valence-electron chi connectivity index (χ1n) is 9.28. The maximum Gasteiger partial charge on any atom is 0.254 e. The van der Waals surface area contributed by atoms with Gasteiger partial charge in [0.15, 0.2) is 0 Å². The van der Waals surface area contributed by atoms with Crippen LogP contribution in [0.4, 0.5) is 11.4 Å². The molecule has 2 aromatic rings. The van der Waals surface area contributed by atoms with E-state index in [4.69, 9.17) is 5.73 Å². The highest BCUT2D eigenvalue weighted by Gasteiger charge is 2.38. The summed E-state index contributed by atoms with van der Waals surface area (Å²) in [7, 11) is 1.65. The van der Waals surface area contributed by atoms with Crippen LogP contribution >= 0.6 is 0 Å². The summed E-state index contributed by atoms with van der Waals surface area (Å²) < 4.78 is 0. The first-order valence-corrected chi connectivity index (χ1v) is 9.28. The highest BCUT2D eigenvalue weighted by atomic mass is 16.2. The Morgan fingerprint density at radius 1 is 0.828 bits per heavy atom. The van der Waals surface area contributed by atoms with E-state index in [0.717, 1.165) is 0 Å². The Bertz CT molecular complexity index is 907. The Morgan fingerprint density at radius 3 is 1.97 bits per heavy atom. The van der Waals surface area contributed by atoms with Crippen molar-refractivity contribution < 1.29 is 14.4 Å². The molecule has 0 radical (unpaired) electrons. The quantitative estimate of drug-likeness (QED) is 0.652. The molecule has 0 aliphatic carbocycles. The number of benzene rings is 2. The second-order valence-electron chi connectivity index (χ2n) is 7.95. The van der Waals surface area contributed by atoms with Gasteiger partial charge in [0.05, 0.1) is 5.56 Å². The lowest BCUT2D eigenvalue weighted by atomic mass is 9.97. The summed E-state index contributed by atoms with van der Waals surface area (Å²) in [5.41, 5.74) is 4.71. The highest BCUT2D eigenvalue weighted by molar-refractivity contribution is 6.05. The van der Waals surface area contributed by atoms with E-state index in [9.17, 15) is 14.4 Å². The standard InChI is InChI=1S/C22H28N4O3/c1-21(2,24-18(27)16-13-9-10-14-17(16)23)19(28)25-22(3,4)20(29)26(5)15-11-7-6-8-12-15/h6-14H,23H2,1-5H3,(H,24,27)(H,25,28). The first kappa shape index (κ1) is 21.9. The lowest BCUT2D eigenvalue weighted by Crippen LogP contribution is -2.63. The Labute approximate surface area is 171 Å². The number of likely N-dealkylation sites (N-methyl/N-ethyl adjacent to an activating group) is 1. The summed E-state index contributed by atoms with van der Waals surface area (Å²) in [4.78, 5) is 39.8. The van der Waals surface area contributed by atoms with Crippen molar-refractivity contribution in [2.45, 2.75) is 38.8 Å². The summed E-state index contributed by atoms with van der Waals surface area (Å²) in [5, 5.41) is 5.42. The van der Waals surface area contributed by atoms with Crippen LogP contribution in [0.25, 0.3) is 0 Å². The number of rotatable bonds is 6. The molecule has 0 aliphatic rings. The minimum atomic E-state index is -1.26. The first-order chi connectivity index (χ1) is 13.5. The van der Waals surface area contributed by atoms with Crippen molar-refractivity contribution in [3.63, 3.8) is 0 Å². The second kappa shape index (κ2) is 8.34. The van der Waals surface area contributed by atoms with Crippen molar-refractivity contribution in [1.29, 1.82) is 0 Å². The lowest BCUT2D eigenvalue weighted by molar-refractivity contribution is -0.133. The van der Waals surface area contributed by atoms with Crippen molar-refractivity contribution in [3.05, 3.63) is 60.2 Å². The van der Waals surface area contributed by atoms with Crippen molar-refractivity contribution in [2.75, 3.05) is 17.7 Å². The zero-order valence-electron chi connectivity index (χ0n) is 17.4. The van der Waals surface area contributed by atoms with Gasteiger partial charge in [-0.2, -0.15) is 0 Å². The Hall–Kier alpha value is -3.35. The molecule has 2 aromatic carbocycles. The van der Waals surface area contributed by atoms with Crippen LogP contribution in [-0.2, 0) is 9.59 Å². The van der Waals surface area contributed by atoms with Crippen LogP contribution in [0.3, 0.4) is 0 Å². The van der Waals surface area contributed by atoms with Gasteiger partial charge in [0, 0.05) is 18.4 Å². The van der Waals surface area contributed by atoms with Gasteiger partial charge in [0.2, 0.25) is 5.91 Å². The average molecular weight is 396 g/mol. The molecule has 0 spiro atoms. The minimum absolute atomic E-state index is 0.285. The molecule has 0 unspecified atom stereocenters. The topological polar surface area (TPSA) is 105 Å². The number of anilines is 2. The Balaban J connectivity index is 2.11. The van der Waals surface area contributed by atoms with Crippen molar-refractivity contribution >= 4 is 29.1 Å². The molecular weight excluding hydrogens is 368 g/mol. The Kier molecular flexibility index (Phi) is 6.31.